The first-order valence-electron chi connectivity index (χ1n) is 12.0. The number of pyridine rings is 1. The van der Waals surface area contributed by atoms with Gasteiger partial charge in [-0.15, -0.1) is 13.2 Å². The van der Waals surface area contributed by atoms with E-state index >= 15 is 0 Å². The number of halogens is 3. The van der Waals surface area contributed by atoms with E-state index in [0.717, 1.165) is 18.7 Å². The van der Waals surface area contributed by atoms with E-state index in [4.69, 9.17) is 14.2 Å². The average Bonchev–Trinajstić information content (AvgIpc) is 3.33. The predicted octanol–water partition coefficient (Wildman–Crippen LogP) is 4.36. The summed E-state index contributed by atoms with van der Waals surface area (Å²) in [4.78, 5) is 20.8. The number of hydrogen-bond acceptors (Lipinski definition) is 9. The second-order valence-corrected chi connectivity index (χ2v) is 8.85. The van der Waals surface area contributed by atoms with Crippen LogP contribution in [0, 0.1) is 10.1 Å². The van der Waals surface area contributed by atoms with E-state index in [1.54, 1.807) is 10.8 Å². The number of piperidine rings is 1. The van der Waals surface area contributed by atoms with Crippen molar-refractivity contribution >= 4 is 11.6 Å². The third-order valence-corrected chi connectivity index (χ3v) is 6.16. The highest BCUT2D eigenvalue weighted by Crippen LogP contribution is 2.28. The number of aromatic nitrogens is 3. The van der Waals surface area contributed by atoms with Gasteiger partial charge in [0.05, 0.1) is 6.20 Å². The summed E-state index contributed by atoms with van der Waals surface area (Å²) in [5, 5.41) is 10.9. The van der Waals surface area contributed by atoms with Gasteiger partial charge in [0, 0.05) is 43.9 Å². The topological polar surface area (TPSA) is 114 Å². The minimum atomic E-state index is -4.73. The van der Waals surface area contributed by atoms with Gasteiger partial charge in [-0.05, 0) is 41.3 Å². The number of fused-ring (bicyclic) bond motifs is 1. The van der Waals surface area contributed by atoms with E-state index in [2.05, 4.69) is 19.6 Å². The second kappa shape index (κ2) is 10.6. The SMILES string of the molecule is O=[N+]([O-])c1cn2c(n1)OC(COc1ccc(N3CCC(Oc4ccc(OC(F)(F)F)cc4)CC3)nc1)CC2. The molecule has 5 rings (SSSR count). The number of imidazole rings is 1. The molecule has 0 spiro atoms. The maximum atomic E-state index is 12.3. The summed E-state index contributed by atoms with van der Waals surface area (Å²) in [5.41, 5.74) is 0. The Balaban J connectivity index is 1.06. The molecular formula is C24H24F3N5O6. The Morgan fingerprint density at radius 2 is 1.74 bits per heavy atom. The molecule has 2 aliphatic heterocycles. The summed E-state index contributed by atoms with van der Waals surface area (Å²) in [5.74, 6) is 1.33. The summed E-state index contributed by atoms with van der Waals surface area (Å²) < 4.78 is 59.8. The van der Waals surface area contributed by atoms with Gasteiger partial charge in [-0.3, -0.25) is 4.57 Å². The van der Waals surface area contributed by atoms with Crippen molar-refractivity contribution in [1.82, 2.24) is 14.5 Å². The van der Waals surface area contributed by atoms with Crippen molar-refractivity contribution in [1.29, 1.82) is 0 Å². The van der Waals surface area contributed by atoms with Gasteiger partial charge in [-0.25, -0.2) is 4.98 Å². The molecule has 202 valence electrons. The Hall–Kier alpha value is -4.23. The molecule has 0 saturated carbocycles. The van der Waals surface area contributed by atoms with Crippen LogP contribution in [-0.2, 0) is 6.54 Å². The van der Waals surface area contributed by atoms with Crippen LogP contribution in [0.4, 0.5) is 24.8 Å². The third-order valence-electron chi connectivity index (χ3n) is 6.16. The van der Waals surface area contributed by atoms with Gasteiger partial charge in [-0.1, -0.05) is 0 Å². The van der Waals surface area contributed by atoms with E-state index in [0.29, 0.717) is 37.6 Å². The maximum Gasteiger partial charge on any atom is 0.573 e. The molecule has 0 amide bonds. The molecule has 2 aliphatic rings. The van der Waals surface area contributed by atoms with Crippen LogP contribution in [-0.4, -0.2) is 57.7 Å². The summed E-state index contributed by atoms with van der Waals surface area (Å²) in [6.07, 6.45) is 0.0218. The van der Waals surface area contributed by atoms with E-state index in [9.17, 15) is 23.3 Å². The van der Waals surface area contributed by atoms with Crippen molar-refractivity contribution in [3.05, 3.63) is 58.9 Å². The normalized spacial score (nSPS) is 17.9. The smallest absolute Gasteiger partial charge is 0.490 e. The Bertz CT molecular complexity index is 1240. The lowest BCUT2D eigenvalue weighted by Crippen LogP contribution is -2.38. The number of anilines is 1. The molecule has 1 fully saturated rings. The number of nitrogens with zero attached hydrogens (tertiary/aromatic N) is 5. The quantitative estimate of drug-likeness (QED) is 0.307. The fraction of sp³-hybridized carbons (Fsp3) is 0.417. The van der Waals surface area contributed by atoms with E-state index in [1.165, 1.54) is 30.5 Å². The molecule has 4 heterocycles. The Morgan fingerprint density at radius 3 is 2.39 bits per heavy atom. The molecular weight excluding hydrogens is 511 g/mol. The van der Waals surface area contributed by atoms with Gasteiger partial charge in [0.15, 0.2) is 0 Å². The van der Waals surface area contributed by atoms with E-state index in [-0.39, 0.29) is 36.4 Å². The molecule has 0 N–H and O–H groups in total. The molecule has 1 unspecified atom stereocenters. The number of alkyl halides is 3. The highest BCUT2D eigenvalue weighted by Gasteiger charge is 2.31. The predicted molar refractivity (Wildman–Crippen MR) is 127 cm³/mol. The van der Waals surface area contributed by atoms with Crippen molar-refractivity contribution in [2.45, 2.75) is 44.4 Å². The molecule has 2 aromatic heterocycles. The van der Waals surface area contributed by atoms with Gasteiger partial charge in [0.1, 0.15) is 48.1 Å². The lowest BCUT2D eigenvalue weighted by molar-refractivity contribution is -0.389. The molecule has 3 aromatic rings. The molecule has 38 heavy (non-hydrogen) atoms. The summed E-state index contributed by atoms with van der Waals surface area (Å²) in [6.45, 7) is 2.23. The minimum absolute atomic E-state index is 0.0595. The Labute approximate surface area is 214 Å². The van der Waals surface area contributed by atoms with Crippen LogP contribution in [0.25, 0.3) is 0 Å². The molecule has 0 aliphatic carbocycles. The number of benzene rings is 1. The molecule has 14 heteroatoms. The average molecular weight is 535 g/mol. The van der Waals surface area contributed by atoms with Crippen LogP contribution < -0.4 is 23.8 Å². The fourth-order valence-corrected chi connectivity index (χ4v) is 4.29. The third kappa shape index (κ3) is 6.36. The van der Waals surface area contributed by atoms with Crippen LogP contribution in [0.15, 0.2) is 48.8 Å². The van der Waals surface area contributed by atoms with Crippen LogP contribution in [0.5, 0.6) is 23.3 Å². The lowest BCUT2D eigenvalue weighted by Gasteiger charge is -2.33. The van der Waals surface area contributed by atoms with Gasteiger partial charge >= 0.3 is 18.2 Å². The van der Waals surface area contributed by atoms with Crippen molar-refractivity contribution in [3.8, 4) is 23.3 Å². The zero-order valence-corrected chi connectivity index (χ0v) is 20.0. The molecule has 1 atom stereocenters. The monoisotopic (exact) mass is 535 g/mol. The van der Waals surface area contributed by atoms with Crippen molar-refractivity contribution in [2.75, 3.05) is 24.6 Å². The number of hydrogen-bond donors (Lipinski definition) is 0. The zero-order chi connectivity index (χ0) is 26.7. The number of nitro groups is 1. The Morgan fingerprint density at radius 1 is 1.03 bits per heavy atom. The standard InChI is InChI=1S/C24H24F3N5O6/c25-24(26,27)38-18-3-1-16(2-4-18)36-17-7-10-30(11-8-17)21-6-5-19(13-28-21)35-15-20-9-12-31-14-22(32(33)34)29-23(31)37-20/h1-6,13-14,17,20H,7-12,15H2. The van der Waals surface area contributed by atoms with E-state index in [1.807, 2.05) is 12.1 Å². The Kier molecular flexibility index (Phi) is 7.11. The van der Waals surface area contributed by atoms with Gasteiger partial charge in [-0.2, -0.15) is 0 Å². The first kappa shape index (κ1) is 25.4. The lowest BCUT2D eigenvalue weighted by atomic mass is 10.1. The summed E-state index contributed by atoms with van der Waals surface area (Å²) in [6, 6.07) is 9.29. The molecule has 1 saturated heterocycles. The minimum Gasteiger partial charge on any atom is -0.490 e. The number of rotatable bonds is 8. The number of aryl methyl sites for hydroxylation is 1. The zero-order valence-electron chi connectivity index (χ0n) is 20.0. The van der Waals surface area contributed by atoms with E-state index < -0.39 is 11.3 Å². The van der Waals surface area contributed by atoms with Crippen molar-refractivity contribution in [3.63, 3.8) is 0 Å². The second-order valence-electron chi connectivity index (χ2n) is 8.85. The van der Waals surface area contributed by atoms with Gasteiger partial charge < -0.3 is 34.0 Å². The first-order chi connectivity index (χ1) is 18.2. The van der Waals surface area contributed by atoms with Gasteiger partial charge in [0.25, 0.3) is 0 Å². The van der Waals surface area contributed by atoms with Crippen LogP contribution in [0.2, 0.25) is 0 Å². The largest absolute Gasteiger partial charge is 0.573 e. The summed E-state index contributed by atoms with van der Waals surface area (Å²) >= 11 is 0. The molecule has 11 nitrogen and oxygen atoms in total. The number of ether oxygens (including phenoxy) is 4. The molecule has 1 aromatic carbocycles. The highest BCUT2D eigenvalue weighted by atomic mass is 19.4. The maximum absolute atomic E-state index is 12.3. The molecule has 0 bridgehead atoms. The summed E-state index contributed by atoms with van der Waals surface area (Å²) in [7, 11) is 0. The van der Waals surface area contributed by atoms with Crippen molar-refractivity contribution in [2.24, 2.45) is 0 Å². The first-order valence-corrected chi connectivity index (χ1v) is 12.0. The molecule has 0 radical (unpaired) electrons. The van der Waals surface area contributed by atoms with Crippen LogP contribution in [0.1, 0.15) is 19.3 Å². The fourth-order valence-electron chi connectivity index (χ4n) is 4.29. The van der Waals surface area contributed by atoms with Crippen LogP contribution >= 0.6 is 0 Å². The highest BCUT2D eigenvalue weighted by molar-refractivity contribution is 5.41. The van der Waals surface area contributed by atoms with Crippen LogP contribution in [0.3, 0.4) is 0 Å². The van der Waals surface area contributed by atoms with Crippen molar-refractivity contribution < 1.29 is 37.0 Å². The van der Waals surface area contributed by atoms with Gasteiger partial charge in [0.2, 0.25) is 0 Å².